The molecule has 0 bridgehead atoms. The lowest BCUT2D eigenvalue weighted by atomic mass is 10.2. The van der Waals surface area contributed by atoms with Crippen LogP contribution >= 0.6 is 0 Å². The Kier molecular flexibility index (Phi) is 2.62. The zero-order valence-corrected chi connectivity index (χ0v) is 8.60. The largest absolute Gasteiger partial charge is 0.352 e. The molecule has 2 aliphatic rings. The van der Waals surface area contributed by atoms with E-state index < -0.39 is 6.04 Å². The molecule has 0 aromatic rings. The Bertz CT molecular complexity index is 292. The van der Waals surface area contributed by atoms with Crippen molar-refractivity contribution in [1.82, 2.24) is 10.2 Å². The second-order valence-electron chi connectivity index (χ2n) is 4.00. The SMILES string of the molecule is CC(N)C(=O)NCC1CN2C(=O)CC2O1. The van der Waals surface area contributed by atoms with Gasteiger partial charge in [-0.15, -0.1) is 0 Å². The first-order chi connectivity index (χ1) is 7.08. The first-order valence-corrected chi connectivity index (χ1v) is 5.06. The Morgan fingerprint density at radius 1 is 1.80 bits per heavy atom. The second-order valence-corrected chi connectivity index (χ2v) is 4.00. The van der Waals surface area contributed by atoms with Crippen molar-refractivity contribution in [3.63, 3.8) is 0 Å². The summed E-state index contributed by atoms with van der Waals surface area (Å²) in [6, 6.07) is -0.509. The molecule has 2 fully saturated rings. The van der Waals surface area contributed by atoms with Gasteiger partial charge in [0.05, 0.1) is 25.1 Å². The van der Waals surface area contributed by atoms with E-state index in [0.717, 1.165) is 0 Å². The predicted octanol–water partition coefficient (Wildman–Crippen LogP) is -1.59. The molecule has 6 heteroatoms. The minimum Gasteiger partial charge on any atom is -0.352 e. The smallest absolute Gasteiger partial charge is 0.236 e. The summed E-state index contributed by atoms with van der Waals surface area (Å²) < 4.78 is 5.51. The number of rotatable bonds is 3. The highest BCUT2D eigenvalue weighted by atomic mass is 16.5. The Hall–Kier alpha value is -1.14. The summed E-state index contributed by atoms with van der Waals surface area (Å²) in [5.41, 5.74) is 5.39. The molecule has 2 saturated heterocycles. The Morgan fingerprint density at radius 2 is 2.53 bits per heavy atom. The molecule has 2 heterocycles. The number of hydrogen-bond donors (Lipinski definition) is 2. The number of carbonyl (C=O) groups is 2. The first kappa shape index (κ1) is 10.4. The van der Waals surface area contributed by atoms with Gasteiger partial charge in [-0.05, 0) is 6.92 Å². The van der Waals surface area contributed by atoms with E-state index in [0.29, 0.717) is 19.5 Å². The van der Waals surface area contributed by atoms with Crippen molar-refractivity contribution >= 4 is 11.8 Å². The minimum atomic E-state index is -0.509. The Balaban J connectivity index is 1.74. The molecule has 0 spiro atoms. The molecule has 6 nitrogen and oxygen atoms in total. The number of nitrogens with two attached hydrogens (primary N) is 1. The van der Waals surface area contributed by atoms with Crippen LogP contribution in [-0.2, 0) is 14.3 Å². The lowest BCUT2D eigenvalue weighted by Gasteiger charge is -2.31. The highest BCUT2D eigenvalue weighted by molar-refractivity contribution is 5.83. The average Bonchev–Trinajstić information content (AvgIpc) is 2.51. The van der Waals surface area contributed by atoms with Crippen molar-refractivity contribution in [1.29, 1.82) is 0 Å². The van der Waals surface area contributed by atoms with Gasteiger partial charge in [0, 0.05) is 6.54 Å². The van der Waals surface area contributed by atoms with Gasteiger partial charge >= 0.3 is 0 Å². The van der Waals surface area contributed by atoms with E-state index in [1.54, 1.807) is 11.8 Å². The van der Waals surface area contributed by atoms with Gasteiger partial charge in [0.15, 0.2) is 0 Å². The van der Waals surface area contributed by atoms with Crippen molar-refractivity contribution in [3.05, 3.63) is 0 Å². The van der Waals surface area contributed by atoms with E-state index in [1.165, 1.54) is 0 Å². The maximum absolute atomic E-state index is 11.2. The third kappa shape index (κ3) is 1.95. The van der Waals surface area contributed by atoms with Crippen LogP contribution < -0.4 is 11.1 Å². The summed E-state index contributed by atoms with van der Waals surface area (Å²) in [7, 11) is 0. The van der Waals surface area contributed by atoms with E-state index in [9.17, 15) is 9.59 Å². The summed E-state index contributed by atoms with van der Waals surface area (Å²) in [6.07, 6.45) is 0.316. The highest BCUT2D eigenvalue weighted by Gasteiger charge is 2.45. The first-order valence-electron chi connectivity index (χ1n) is 5.06. The van der Waals surface area contributed by atoms with Crippen LogP contribution in [0, 0.1) is 0 Å². The summed E-state index contributed by atoms with van der Waals surface area (Å²) in [5, 5.41) is 2.68. The number of ether oxygens (including phenoxy) is 1. The van der Waals surface area contributed by atoms with E-state index in [-0.39, 0.29) is 24.1 Å². The van der Waals surface area contributed by atoms with Crippen LogP contribution in [0.5, 0.6) is 0 Å². The number of fused-ring (bicyclic) bond motifs is 1. The molecular weight excluding hydrogens is 198 g/mol. The third-order valence-electron chi connectivity index (χ3n) is 2.68. The van der Waals surface area contributed by atoms with Gasteiger partial charge in [-0.25, -0.2) is 0 Å². The topological polar surface area (TPSA) is 84.7 Å². The zero-order chi connectivity index (χ0) is 11.0. The number of β-lactam (4-membered cyclic amide) rings is 1. The molecule has 3 unspecified atom stereocenters. The fourth-order valence-electron chi connectivity index (χ4n) is 1.74. The normalized spacial score (nSPS) is 30.8. The fourth-order valence-corrected chi connectivity index (χ4v) is 1.74. The molecule has 15 heavy (non-hydrogen) atoms. The van der Waals surface area contributed by atoms with E-state index in [1.807, 2.05) is 0 Å². The molecule has 0 radical (unpaired) electrons. The molecule has 0 aliphatic carbocycles. The van der Waals surface area contributed by atoms with E-state index in [2.05, 4.69) is 5.32 Å². The Labute approximate surface area is 87.7 Å². The van der Waals surface area contributed by atoms with E-state index >= 15 is 0 Å². The van der Waals surface area contributed by atoms with Gasteiger partial charge in [-0.1, -0.05) is 0 Å². The predicted molar refractivity (Wildman–Crippen MR) is 51.7 cm³/mol. The van der Waals surface area contributed by atoms with Crippen LogP contribution in [0.25, 0.3) is 0 Å². The molecule has 0 aromatic heterocycles. The van der Waals surface area contributed by atoms with Crippen LogP contribution in [0.15, 0.2) is 0 Å². The minimum absolute atomic E-state index is 0.0605. The lowest BCUT2D eigenvalue weighted by Crippen LogP contribution is -2.48. The van der Waals surface area contributed by atoms with Crippen LogP contribution in [0.1, 0.15) is 13.3 Å². The highest BCUT2D eigenvalue weighted by Crippen LogP contribution is 2.28. The van der Waals surface area contributed by atoms with Crippen LogP contribution in [-0.4, -0.2) is 48.2 Å². The lowest BCUT2D eigenvalue weighted by molar-refractivity contribution is -0.156. The molecule has 2 aliphatic heterocycles. The van der Waals surface area contributed by atoms with Gasteiger partial charge in [-0.3, -0.25) is 9.59 Å². The standard InChI is InChI=1S/C9H15N3O3/c1-5(10)9(14)11-3-6-4-12-7(13)2-8(12)15-6/h5-6,8H,2-4,10H2,1H3,(H,11,14). The summed E-state index contributed by atoms with van der Waals surface area (Å²) in [6.45, 7) is 2.62. The number of hydrogen-bond acceptors (Lipinski definition) is 4. The molecule has 0 saturated carbocycles. The third-order valence-corrected chi connectivity index (χ3v) is 2.68. The molecule has 3 N–H and O–H groups in total. The molecule has 2 rings (SSSR count). The molecular formula is C9H15N3O3. The maximum atomic E-state index is 11.2. The van der Waals surface area contributed by atoms with Crippen molar-refractivity contribution in [2.45, 2.75) is 31.7 Å². The quantitative estimate of drug-likeness (QED) is 0.553. The van der Waals surface area contributed by atoms with Crippen molar-refractivity contribution < 1.29 is 14.3 Å². The monoisotopic (exact) mass is 213 g/mol. The van der Waals surface area contributed by atoms with Crippen molar-refractivity contribution in [2.24, 2.45) is 5.73 Å². The van der Waals surface area contributed by atoms with E-state index in [4.69, 9.17) is 10.5 Å². The average molecular weight is 213 g/mol. The molecule has 3 atom stereocenters. The van der Waals surface area contributed by atoms with Crippen molar-refractivity contribution in [2.75, 3.05) is 13.1 Å². The van der Waals surface area contributed by atoms with Crippen LogP contribution in [0.4, 0.5) is 0 Å². The zero-order valence-electron chi connectivity index (χ0n) is 8.60. The molecule has 0 aromatic carbocycles. The summed E-state index contributed by atoms with van der Waals surface area (Å²) >= 11 is 0. The number of amides is 2. The van der Waals surface area contributed by atoms with Crippen LogP contribution in [0.3, 0.4) is 0 Å². The fraction of sp³-hybridized carbons (Fsp3) is 0.778. The van der Waals surface area contributed by atoms with Gasteiger partial charge in [0.25, 0.3) is 0 Å². The number of nitrogens with zero attached hydrogens (tertiary/aromatic N) is 1. The van der Waals surface area contributed by atoms with Gasteiger partial charge < -0.3 is 20.7 Å². The van der Waals surface area contributed by atoms with Crippen molar-refractivity contribution in [3.8, 4) is 0 Å². The van der Waals surface area contributed by atoms with Gasteiger partial charge in [-0.2, -0.15) is 0 Å². The summed E-state index contributed by atoms with van der Waals surface area (Å²) in [5.74, 6) is -0.0693. The maximum Gasteiger partial charge on any atom is 0.236 e. The number of nitrogens with one attached hydrogen (secondary N) is 1. The summed E-state index contributed by atoms with van der Waals surface area (Å²) in [4.78, 5) is 23.9. The molecule has 84 valence electrons. The van der Waals surface area contributed by atoms with Gasteiger partial charge in [0.2, 0.25) is 11.8 Å². The number of carbonyl (C=O) groups excluding carboxylic acids is 2. The van der Waals surface area contributed by atoms with Gasteiger partial charge in [0.1, 0.15) is 6.23 Å². The molecule has 2 amide bonds. The second kappa shape index (κ2) is 3.79. The van der Waals surface area contributed by atoms with Crippen LogP contribution in [0.2, 0.25) is 0 Å². The Morgan fingerprint density at radius 3 is 3.07 bits per heavy atom.